The number of hydrogen-bond donors (Lipinski definition) is 1. The van der Waals surface area contributed by atoms with Crippen LogP contribution < -0.4 is 10.1 Å². The number of hydrogen-bond acceptors (Lipinski definition) is 2. The summed E-state index contributed by atoms with van der Waals surface area (Å²) in [4.78, 5) is 10.8. The number of rotatable bonds is 3. The van der Waals surface area contributed by atoms with Gasteiger partial charge in [0.05, 0.1) is 5.56 Å². The van der Waals surface area contributed by atoms with Crippen molar-refractivity contribution < 1.29 is 22.7 Å². The summed E-state index contributed by atoms with van der Waals surface area (Å²) < 4.78 is 41.5. The van der Waals surface area contributed by atoms with Crippen molar-refractivity contribution in [3.05, 3.63) is 29.8 Å². The van der Waals surface area contributed by atoms with Gasteiger partial charge in [0.1, 0.15) is 5.75 Å². The van der Waals surface area contributed by atoms with E-state index in [1.54, 1.807) is 0 Å². The molecule has 1 rings (SSSR count). The molecule has 0 heterocycles. The number of benzene rings is 1. The van der Waals surface area contributed by atoms with Gasteiger partial charge in [-0.1, -0.05) is 0 Å². The average Bonchev–Trinajstić information content (AvgIpc) is 2.25. The average molecular weight is 233 g/mol. The summed E-state index contributed by atoms with van der Waals surface area (Å²) in [5.41, 5.74) is -0.750. The second-order valence-electron chi connectivity index (χ2n) is 2.98. The number of ether oxygens (including phenoxy) is 1. The van der Waals surface area contributed by atoms with E-state index in [2.05, 4.69) is 5.32 Å². The summed E-state index contributed by atoms with van der Waals surface area (Å²) in [6.07, 6.45) is -4.36. The summed E-state index contributed by atoms with van der Waals surface area (Å²) in [6, 6.07) is 4.15. The van der Waals surface area contributed by atoms with Crippen molar-refractivity contribution in [3.8, 4) is 5.75 Å². The molecule has 0 saturated heterocycles. The second kappa shape index (κ2) is 4.87. The minimum Gasteiger partial charge on any atom is -0.484 e. The molecule has 0 spiro atoms. The molecule has 0 atom stereocenters. The van der Waals surface area contributed by atoms with Gasteiger partial charge in [0, 0.05) is 7.05 Å². The predicted molar refractivity (Wildman–Crippen MR) is 51.0 cm³/mol. The maximum Gasteiger partial charge on any atom is 0.416 e. The van der Waals surface area contributed by atoms with Gasteiger partial charge in [0.25, 0.3) is 5.91 Å². The number of amides is 1. The Balaban J connectivity index is 2.62. The highest BCUT2D eigenvalue weighted by Gasteiger charge is 2.29. The Morgan fingerprint density at radius 1 is 1.31 bits per heavy atom. The molecule has 0 fully saturated rings. The fourth-order valence-corrected chi connectivity index (χ4v) is 0.961. The number of carbonyl (C=O) groups is 1. The van der Waals surface area contributed by atoms with Gasteiger partial charge >= 0.3 is 6.18 Å². The quantitative estimate of drug-likeness (QED) is 0.864. The van der Waals surface area contributed by atoms with Crippen molar-refractivity contribution in [2.75, 3.05) is 13.7 Å². The number of likely N-dealkylation sites (N-methyl/N-ethyl adjacent to an activating group) is 1. The van der Waals surface area contributed by atoms with E-state index in [0.717, 1.165) is 12.1 Å². The molecule has 0 aromatic heterocycles. The lowest BCUT2D eigenvalue weighted by Crippen LogP contribution is -2.24. The molecule has 0 saturated carbocycles. The highest BCUT2D eigenvalue weighted by Crippen LogP contribution is 2.30. The molecule has 0 aliphatic heterocycles. The molecule has 1 amide bonds. The van der Waals surface area contributed by atoms with Crippen molar-refractivity contribution in [2.24, 2.45) is 0 Å². The van der Waals surface area contributed by atoms with Crippen LogP contribution in [0.25, 0.3) is 0 Å². The largest absolute Gasteiger partial charge is 0.484 e. The smallest absolute Gasteiger partial charge is 0.416 e. The number of carbonyl (C=O) groups excluding carboxylic acids is 1. The Kier molecular flexibility index (Phi) is 3.76. The Hall–Kier alpha value is -1.72. The van der Waals surface area contributed by atoms with Crippen molar-refractivity contribution in [3.63, 3.8) is 0 Å². The molecule has 1 N–H and O–H groups in total. The van der Waals surface area contributed by atoms with E-state index in [1.807, 2.05) is 0 Å². The first kappa shape index (κ1) is 12.4. The minimum absolute atomic E-state index is 0.219. The topological polar surface area (TPSA) is 38.3 Å². The van der Waals surface area contributed by atoms with Crippen molar-refractivity contribution >= 4 is 5.91 Å². The van der Waals surface area contributed by atoms with Gasteiger partial charge in [-0.2, -0.15) is 13.2 Å². The Bertz CT molecular complexity index is 359. The summed E-state index contributed by atoms with van der Waals surface area (Å²) in [6.45, 7) is -0.220. The van der Waals surface area contributed by atoms with Crippen LogP contribution in [0.15, 0.2) is 24.3 Å². The van der Waals surface area contributed by atoms with E-state index in [0.29, 0.717) is 0 Å². The van der Waals surface area contributed by atoms with Gasteiger partial charge in [-0.05, 0) is 24.3 Å². The lowest BCUT2D eigenvalue weighted by Gasteiger charge is -2.08. The van der Waals surface area contributed by atoms with Gasteiger partial charge in [0.2, 0.25) is 0 Å². The van der Waals surface area contributed by atoms with Crippen molar-refractivity contribution in [1.29, 1.82) is 0 Å². The molecular formula is C10H10F3NO2. The summed E-state index contributed by atoms with van der Waals surface area (Å²) >= 11 is 0. The molecule has 1 aromatic rings. The molecule has 16 heavy (non-hydrogen) atoms. The fourth-order valence-electron chi connectivity index (χ4n) is 0.961. The highest BCUT2D eigenvalue weighted by atomic mass is 19.4. The minimum atomic E-state index is -4.36. The van der Waals surface area contributed by atoms with E-state index in [-0.39, 0.29) is 18.3 Å². The first-order valence-electron chi connectivity index (χ1n) is 4.44. The van der Waals surface area contributed by atoms with Crippen molar-refractivity contribution in [2.45, 2.75) is 6.18 Å². The Morgan fingerprint density at radius 3 is 2.31 bits per heavy atom. The highest BCUT2D eigenvalue weighted by molar-refractivity contribution is 5.77. The molecule has 6 heteroatoms. The molecule has 0 bridgehead atoms. The summed E-state index contributed by atoms with van der Waals surface area (Å²) in [5, 5.41) is 2.33. The molecule has 3 nitrogen and oxygen atoms in total. The standard InChI is InChI=1S/C10H10F3NO2/c1-14-9(15)6-16-8-4-2-7(3-5-8)10(11,12)13/h2-5H,6H2,1H3,(H,14,15). The molecule has 0 radical (unpaired) electrons. The van der Waals surface area contributed by atoms with E-state index in [9.17, 15) is 18.0 Å². The van der Waals surface area contributed by atoms with Crippen LogP contribution in [0.1, 0.15) is 5.56 Å². The summed E-state index contributed by atoms with van der Waals surface area (Å²) in [5.74, 6) is -0.128. The first-order valence-corrected chi connectivity index (χ1v) is 4.44. The van der Waals surface area contributed by atoms with E-state index < -0.39 is 11.7 Å². The zero-order valence-electron chi connectivity index (χ0n) is 8.47. The van der Waals surface area contributed by atoms with E-state index in [1.165, 1.54) is 19.2 Å². The van der Waals surface area contributed by atoms with E-state index >= 15 is 0 Å². The molecule has 0 aliphatic carbocycles. The van der Waals surface area contributed by atoms with Gasteiger partial charge in [-0.3, -0.25) is 4.79 Å². The van der Waals surface area contributed by atoms with Gasteiger partial charge in [-0.15, -0.1) is 0 Å². The third-order valence-corrected chi connectivity index (χ3v) is 1.83. The van der Waals surface area contributed by atoms with Crippen LogP contribution in [-0.2, 0) is 11.0 Å². The zero-order valence-corrected chi connectivity index (χ0v) is 8.47. The van der Waals surface area contributed by atoms with Gasteiger partial charge in [-0.25, -0.2) is 0 Å². The SMILES string of the molecule is CNC(=O)COc1ccc(C(F)(F)F)cc1. The maximum atomic E-state index is 12.2. The predicted octanol–water partition coefficient (Wildman–Crippen LogP) is 1.83. The molecule has 88 valence electrons. The van der Waals surface area contributed by atoms with Gasteiger partial charge in [0.15, 0.2) is 6.61 Å². The third kappa shape index (κ3) is 3.45. The molecule has 1 aromatic carbocycles. The molecular weight excluding hydrogens is 223 g/mol. The van der Waals surface area contributed by atoms with Crippen molar-refractivity contribution in [1.82, 2.24) is 5.32 Å². The maximum absolute atomic E-state index is 12.2. The summed E-state index contributed by atoms with van der Waals surface area (Å²) in [7, 11) is 1.44. The third-order valence-electron chi connectivity index (χ3n) is 1.83. The van der Waals surface area contributed by atoms with Gasteiger partial charge < -0.3 is 10.1 Å². The van der Waals surface area contributed by atoms with Crippen LogP contribution in [0.2, 0.25) is 0 Å². The van der Waals surface area contributed by atoms with Crippen LogP contribution in [0.4, 0.5) is 13.2 Å². The van der Waals surface area contributed by atoms with Crippen LogP contribution >= 0.6 is 0 Å². The monoisotopic (exact) mass is 233 g/mol. The number of halogens is 3. The number of nitrogens with one attached hydrogen (secondary N) is 1. The second-order valence-corrected chi connectivity index (χ2v) is 2.98. The zero-order chi connectivity index (χ0) is 12.2. The van der Waals surface area contributed by atoms with E-state index in [4.69, 9.17) is 4.74 Å². The normalized spacial score (nSPS) is 11.0. The van der Waals surface area contributed by atoms with Crippen LogP contribution in [0.5, 0.6) is 5.75 Å². The van der Waals surface area contributed by atoms with Crippen LogP contribution in [-0.4, -0.2) is 19.6 Å². The lowest BCUT2D eigenvalue weighted by molar-refractivity contribution is -0.137. The molecule has 0 unspecified atom stereocenters. The number of alkyl halides is 3. The lowest BCUT2D eigenvalue weighted by atomic mass is 10.2. The first-order chi connectivity index (χ1) is 7.43. The van der Waals surface area contributed by atoms with Crippen LogP contribution in [0.3, 0.4) is 0 Å². The Labute approximate surface area is 90.2 Å². The Morgan fingerprint density at radius 2 is 1.88 bits per heavy atom. The molecule has 0 aliphatic rings. The van der Waals surface area contributed by atoms with Crippen LogP contribution in [0, 0.1) is 0 Å². The fraction of sp³-hybridized carbons (Fsp3) is 0.300.